The molecule has 0 saturated heterocycles. The van der Waals surface area contributed by atoms with E-state index in [4.69, 9.17) is 10.3 Å². The zero-order valence-corrected chi connectivity index (χ0v) is 11.1. The molecular formula is C15H22N2O. The summed E-state index contributed by atoms with van der Waals surface area (Å²) >= 11 is 0. The molecule has 1 heterocycles. The first-order valence-corrected chi connectivity index (χ1v) is 7.36. The summed E-state index contributed by atoms with van der Waals surface area (Å²) in [6.45, 7) is 2.60. The van der Waals surface area contributed by atoms with Crippen molar-refractivity contribution in [2.24, 2.45) is 23.5 Å². The molecule has 4 fully saturated rings. The molecule has 0 aromatic carbocycles. The lowest BCUT2D eigenvalue weighted by Gasteiger charge is -2.55. The Bertz CT molecular complexity index is 442. The molecule has 1 aromatic rings. The average molecular weight is 246 g/mol. The van der Waals surface area contributed by atoms with E-state index in [-0.39, 0.29) is 0 Å². The summed E-state index contributed by atoms with van der Waals surface area (Å²) in [4.78, 5) is 0. The third-order valence-corrected chi connectivity index (χ3v) is 5.71. The van der Waals surface area contributed by atoms with E-state index in [1.165, 1.54) is 44.1 Å². The molecule has 0 radical (unpaired) electrons. The number of nitrogens with two attached hydrogens (primary N) is 1. The molecule has 18 heavy (non-hydrogen) atoms. The van der Waals surface area contributed by atoms with Gasteiger partial charge in [0.2, 0.25) is 0 Å². The Kier molecular flexibility index (Phi) is 2.20. The van der Waals surface area contributed by atoms with E-state index in [0.717, 1.165) is 29.2 Å². The first-order chi connectivity index (χ1) is 8.70. The second kappa shape index (κ2) is 3.60. The minimum Gasteiger partial charge on any atom is -0.360 e. The van der Waals surface area contributed by atoms with Gasteiger partial charge in [-0.15, -0.1) is 0 Å². The second-order valence-corrected chi connectivity index (χ2v) is 6.98. The Morgan fingerprint density at radius 1 is 1.17 bits per heavy atom. The molecule has 0 spiro atoms. The maximum absolute atomic E-state index is 5.91. The number of aryl methyl sites for hydroxylation is 1. The van der Waals surface area contributed by atoms with E-state index in [1.807, 2.05) is 6.92 Å². The maximum Gasteiger partial charge on any atom is 0.147 e. The van der Waals surface area contributed by atoms with Crippen LogP contribution in [0.15, 0.2) is 4.52 Å². The molecule has 3 heteroatoms. The molecule has 4 bridgehead atoms. The maximum atomic E-state index is 5.91. The largest absolute Gasteiger partial charge is 0.360 e. The van der Waals surface area contributed by atoms with Crippen molar-refractivity contribution < 1.29 is 4.52 Å². The van der Waals surface area contributed by atoms with Crippen LogP contribution in [0.25, 0.3) is 0 Å². The number of nitrogens with zero attached hydrogens (tertiary/aromatic N) is 1. The van der Waals surface area contributed by atoms with Crippen LogP contribution in [0.4, 0.5) is 0 Å². The van der Waals surface area contributed by atoms with Crippen molar-refractivity contribution in [3.05, 3.63) is 17.0 Å². The summed E-state index contributed by atoms with van der Waals surface area (Å²) in [7, 11) is 0. The average Bonchev–Trinajstić information content (AvgIpc) is 2.69. The first-order valence-electron chi connectivity index (χ1n) is 7.36. The summed E-state index contributed by atoms with van der Waals surface area (Å²) in [6, 6.07) is 0. The van der Waals surface area contributed by atoms with Crippen LogP contribution in [0.1, 0.15) is 55.5 Å². The van der Waals surface area contributed by atoms with Crippen LogP contribution in [-0.4, -0.2) is 5.16 Å². The van der Waals surface area contributed by atoms with Crippen LogP contribution in [0.2, 0.25) is 0 Å². The molecule has 4 saturated carbocycles. The lowest BCUT2D eigenvalue weighted by atomic mass is 9.48. The quantitative estimate of drug-likeness (QED) is 0.873. The Morgan fingerprint density at radius 3 is 2.22 bits per heavy atom. The van der Waals surface area contributed by atoms with Crippen molar-refractivity contribution in [1.82, 2.24) is 5.16 Å². The van der Waals surface area contributed by atoms with Crippen molar-refractivity contribution in [3.8, 4) is 0 Å². The Labute approximate surface area is 108 Å². The van der Waals surface area contributed by atoms with Gasteiger partial charge < -0.3 is 10.3 Å². The van der Waals surface area contributed by atoms with Gasteiger partial charge in [-0.1, -0.05) is 5.16 Å². The third-order valence-electron chi connectivity index (χ3n) is 5.71. The monoisotopic (exact) mass is 246 g/mol. The summed E-state index contributed by atoms with van der Waals surface area (Å²) in [5, 5.41) is 4.19. The van der Waals surface area contributed by atoms with E-state index in [2.05, 4.69) is 5.16 Å². The lowest BCUT2D eigenvalue weighted by Crippen LogP contribution is -2.48. The topological polar surface area (TPSA) is 52.0 Å². The molecule has 1 aromatic heterocycles. The standard InChI is InChI=1S/C15H22N2O/c1-9-13(8-16)14(18-17-9)15-5-10-2-11(6-15)4-12(3-10)7-15/h10-12H,2-8,16H2,1H3. The van der Waals surface area contributed by atoms with Crippen molar-refractivity contribution in [2.75, 3.05) is 0 Å². The number of aromatic nitrogens is 1. The van der Waals surface area contributed by atoms with Gasteiger partial charge >= 0.3 is 0 Å². The van der Waals surface area contributed by atoms with E-state index in [9.17, 15) is 0 Å². The van der Waals surface area contributed by atoms with Gasteiger partial charge in [0.25, 0.3) is 0 Å². The van der Waals surface area contributed by atoms with E-state index in [0.29, 0.717) is 12.0 Å². The normalized spacial score (nSPS) is 41.6. The fourth-order valence-electron chi connectivity index (χ4n) is 5.43. The summed E-state index contributed by atoms with van der Waals surface area (Å²) in [6.07, 6.45) is 8.35. The van der Waals surface area contributed by atoms with Crippen molar-refractivity contribution in [2.45, 2.75) is 57.4 Å². The molecule has 4 aliphatic carbocycles. The van der Waals surface area contributed by atoms with E-state index in [1.54, 1.807) is 0 Å². The highest BCUT2D eigenvalue weighted by Crippen LogP contribution is 2.61. The van der Waals surface area contributed by atoms with Gasteiger partial charge in [-0.05, 0) is 63.2 Å². The van der Waals surface area contributed by atoms with E-state index >= 15 is 0 Å². The SMILES string of the molecule is Cc1noc(C23CC4CC(CC(C4)C2)C3)c1CN. The van der Waals surface area contributed by atoms with Crippen molar-refractivity contribution in [1.29, 1.82) is 0 Å². The molecule has 0 aliphatic heterocycles. The van der Waals surface area contributed by atoms with Gasteiger partial charge in [0.05, 0.1) is 5.69 Å². The lowest BCUT2D eigenvalue weighted by molar-refractivity contribution is -0.0180. The summed E-state index contributed by atoms with van der Waals surface area (Å²) in [5.74, 6) is 3.97. The number of hydrogen-bond acceptors (Lipinski definition) is 3. The van der Waals surface area contributed by atoms with Crippen LogP contribution < -0.4 is 5.73 Å². The van der Waals surface area contributed by atoms with Gasteiger partial charge in [-0.2, -0.15) is 0 Å². The molecule has 4 aliphatic rings. The summed E-state index contributed by atoms with van der Waals surface area (Å²) < 4.78 is 5.74. The van der Waals surface area contributed by atoms with Crippen LogP contribution >= 0.6 is 0 Å². The zero-order valence-electron chi connectivity index (χ0n) is 11.1. The van der Waals surface area contributed by atoms with Crippen LogP contribution in [-0.2, 0) is 12.0 Å². The van der Waals surface area contributed by atoms with Crippen LogP contribution in [0.3, 0.4) is 0 Å². The third kappa shape index (κ3) is 1.37. The van der Waals surface area contributed by atoms with Crippen molar-refractivity contribution >= 4 is 0 Å². The predicted molar refractivity (Wildman–Crippen MR) is 69.0 cm³/mol. The fourth-order valence-corrected chi connectivity index (χ4v) is 5.43. The Hall–Kier alpha value is -0.830. The molecule has 98 valence electrons. The van der Waals surface area contributed by atoms with Gasteiger partial charge in [0, 0.05) is 17.5 Å². The van der Waals surface area contributed by atoms with Crippen LogP contribution in [0, 0.1) is 24.7 Å². The molecule has 5 rings (SSSR count). The molecule has 0 unspecified atom stereocenters. The van der Waals surface area contributed by atoms with Gasteiger partial charge in [0.15, 0.2) is 0 Å². The molecular weight excluding hydrogens is 224 g/mol. The molecule has 3 nitrogen and oxygen atoms in total. The first kappa shape index (κ1) is 11.0. The van der Waals surface area contributed by atoms with E-state index < -0.39 is 0 Å². The van der Waals surface area contributed by atoms with Gasteiger partial charge in [-0.3, -0.25) is 0 Å². The smallest absolute Gasteiger partial charge is 0.147 e. The highest BCUT2D eigenvalue weighted by atomic mass is 16.5. The number of rotatable bonds is 2. The van der Waals surface area contributed by atoms with Crippen molar-refractivity contribution in [3.63, 3.8) is 0 Å². The number of hydrogen-bond donors (Lipinski definition) is 1. The summed E-state index contributed by atoms with van der Waals surface area (Å²) in [5.41, 5.74) is 8.41. The molecule has 0 amide bonds. The minimum atomic E-state index is 0.296. The van der Waals surface area contributed by atoms with Gasteiger partial charge in [-0.25, -0.2) is 0 Å². The minimum absolute atomic E-state index is 0.296. The molecule has 0 atom stereocenters. The van der Waals surface area contributed by atoms with Crippen LogP contribution in [0.5, 0.6) is 0 Å². The highest BCUT2D eigenvalue weighted by Gasteiger charge is 2.54. The van der Waals surface area contributed by atoms with Gasteiger partial charge in [0.1, 0.15) is 5.76 Å². The second-order valence-electron chi connectivity index (χ2n) is 6.98. The zero-order chi connectivity index (χ0) is 12.3. The Balaban J connectivity index is 1.79. The predicted octanol–water partition coefficient (Wildman–Crippen LogP) is 2.91. The fraction of sp³-hybridized carbons (Fsp3) is 0.800. The molecule has 2 N–H and O–H groups in total. The Morgan fingerprint density at radius 2 is 1.72 bits per heavy atom. The highest BCUT2D eigenvalue weighted by molar-refractivity contribution is 5.31.